The number of amides is 1. The van der Waals surface area contributed by atoms with Gasteiger partial charge in [0, 0.05) is 19.1 Å². The first-order valence-electron chi connectivity index (χ1n) is 8.02. The maximum atomic E-state index is 12.2. The quantitative estimate of drug-likeness (QED) is 0.876. The monoisotopic (exact) mass is 323 g/mol. The summed E-state index contributed by atoms with van der Waals surface area (Å²) in [6.45, 7) is 5.90. The van der Waals surface area contributed by atoms with Crippen molar-refractivity contribution in [1.82, 2.24) is 5.32 Å². The standard InChI is InChI=1S/C17H26ClN3O/c1-12(2)10-15(19)17(22)20-13-6-5-9-21(11-13)16-8-4-3-7-14(16)18/h3-4,7-8,12-13,15H,5-6,9-11,19H2,1-2H3,(H,20,22)/t13?,15-/m0/s1. The van der Waals surface area contributed by atoms with Gasteiger partial charge in [0.1, 0.15) is 0 Å². The average molecular weight is 324 g/mol. The first kappa shape index (κ1) is 17.1. The number of carbonyl (C=O) groups excluding carboxylic acids is 1. The second-order valence-electron chi connectivity index (χ2n) is 6.48. The minimum Gasteiger partial charge on any atom is -0.368 e. The van der Waals surface area contributed by atoms with Gasteiger partial charge in [-0.05, 0) is 37.3 Å². The molecule has 0 aliphatic carbocycles. The normalized spacial score (nSPS) is 20.0. The molecule has 1 fully saturated rings. The maximum absolute atomic E-state index is 12.2. The third-order valence-electron chi connectivity index (χ3n) is 4.02. The third kappa shape index (κ3) is 4.62. The van der Waals surface area contributed by atoms with E-state index in [9.17, 15) is 4.79 Å². The third-order valence-corrected chi connectivity index (χ3v) is 4.34. The molecule has 0 spiro atoms. The largest absolute Gasteiger partial charge is 0.368 e. The van der Waals surface area contributed by atoms with Gasteiger partial charge in [-0.3, -0.25) is 4.79 Å². The smallest absolute Gasteiger partial charge is 0.237 e. The van der Waals surface area contributed by atoms with Crippen molar-refractivity contribution in [2.45, 2.75) is 45.2 Å². The molecule has 2 atom stereocenters. The van der Waals surface area contributed by atoms with Gasteiger partial charge in [0.05, 0.1) is 16.8 Å². The van der Waals surface area contributed by atoms with Crippen molar-refractivity contribution in [3.8, 4) is 0 Å². The number of hydrogen-bond donors (Lipinski definition) is 2. The summed E-state index contributed by atoms with van der Waals surface area (Å²) in [4.78, 5) is 14.4. The van der Waals surface area contributed by atoms with Crippen LogP contribution in [-0.2, 0) is 4.79 Å². The number of rotatable bonds is 5. The van der Waals surface area contributed by atoms with Crippen LogP contribution in [0.3, 0.4) is 0 Å². The van der Waals surface area contributed by atoms with Crippen LogP contribution in [-0.4, -0.2) is 31.1 Å². The van der Waals surface area contributed by atoms with E-state index >= 15 is 0 Å². The van der Waals surface area contributed by atoms with Crippen LogP contribution < -0.4 is 16.0 Å². The van der Waals surface area contributed by atoms with Crippen molar-refractivity contribution in [3.63, 3.8) is 0 Å². The van der Waals surface area contributed by atoms with E-state index < -0.39 is 6.04 Å². The fourth-order valence-electron chi connectivity index (χ4n) is 2.95. The number of nitrogens with zero attached hydrogens (tertiary/aromatic N) is 1. The zero-order valence-corrected chi connectivity index (χ0v) is 14.1. The highest BCUT2D eigenvalue weighted by Gasteiger charge is 2.24. The molecule has 0 radical (unpaired) electrons. The Bertz CT molecular complexity index is 506. The predicted molar refractivity (Wildman–Crippen MR) is 92.3 cm³/mol. The number of carbonyl (C=O) groups is 1. The highest BCUT2D eigenvalue weighted by atomic mass is 35.5. The number of nitrogens with two attached hydrogens (primary N) is 1. The first-order valence-corrected chi connectivity index (χ1v) is 8.40. The lowest BCUT2D eigenvalue weighted by Crippen LogP contribution is -2.52. The second kappa shape index (κ2) is 7.84. The van der Waals surface area contributed by atoms with E-state index in [1.165, 1.54) is 0 Å². The van der Waals surface area contributed by atoms with Crippen LogP contribution in [0.25, 0.3) is 0 Å². The van der Waals surface area contributed by atoms with E-state index in [4.69, 9.17) is 17.3 Å². The number of hydrogen-bond acceptors (Lipinski definition) is 3. The SMILES string of the molecule is CC(C)C[C@H](N)C(=O)NC1CCCN(c2ccccc2Cl)C1. The second-order valence-corrected chi connectivity index (χ2v) is 6.89. The van der Waals surface area contributed by atoms with Crippen LogP contribution in [0.4, 0.5) is 5.69 Å². The lowest BCUT2D eigenvalue weighted by Gasteiger charge is -2.35. The fourth-order valence-corrected chi connectivity index (χ4v) is 3.20. The van der Waals surface area contributed by atoms with Crippen molar-refractivity contribution < 1.29 is 4.79 Å². The minimum absolute atomic E-state index is 0.0419. The zero-order chi connectivity index (χ0) is 16.1. The summed E-state index contributed by atoms with van der Waals surface area (Å²) in [5.74, 6) is 0.381. The molecule has 1 aromatic carbocycles. The van der Waals surface area contributed by atoms with Crippen LogP contribution in [0.1, 0.15) is 33.1 Å². The molecule has 2 rings (SSSR count). The van der Waals surface area contributed by atoms with Gasteiger partial charge in [-0.1, -0.05) is 37.6 Å². The highest BCUT2D eigenvalue weighted by Crippen LogP contribution is 2.27. The molecule has 1 heterocycles. The molecule has 1 aliphatic rings. The Hall–Kier alpha value is -1.26. The minimum atomic E-state index is -0.421. The van der Waals surface area contributed by atoms with Gasteiger partial charge in [-0.2, -0.15) is 0 Å². The summed E-state index contributed by atoms with van der Waals surface area (Å²) >= 11 is 6.27. The van der Waals surface area contributed by atoms with E-state index in [-0.39, 0.29) is 11.9 Å². The molecule has 1 aromatic rings. The number of anilines is 1. The maximum Gasteiger partial charge on any atom is 0.237 e. The molecule has 0 bridgehead atoms. The molecular formula is C17H26ClN3O. The van der Waals surface area contributed by atoms with Gasteiger partial charge in [0.2, 0.25) is 5.91 Å². The van der Waals surface area contributed by atoms with E-state index in [1.54, 1.807) is 0 Å². The van der Waals surface area contributed by atoms with E-state index in [1.807, 2.05) is 24.3 Å². The first-order chi connectivity index (χ1) is 10.5. The fraction of sp³-hybridized carbons (Fsp3) is 0.588. The lowest BCUT2D eigenvalue weighted by molar-refractivity contribution is -0.123. The van der Waals surface area contributed by atoms with Gasteiger partial charge in [-0.25, -0.2) is 0 Å². The molecule has 1 saturated heterocycles. The molecule has 0 saturated carbocycles. The summed E-state index contributed by atoms with van der Waals surface area (Å²) in [6.07, 6.45) is 2.74. The summed E-state index contributed by atoms with van der Waals surface area (Å²) in [7, 11) is 0. The summed E-state index contributed by atoms with van der Waals surface area (Å²) in [5.41, 5.74) is 7.00. The number of benzene rings is 1. The number of para-hydroxylation sites is 1. The van der Waals surface area contributed by atoms with Crippen LogP contribution in [0.15, 0.2) is 24.3 Å². The van der Waals surface area contributed by atoms with Crippen LogP contribution in [0.5, 0.6) is 0 Å². The van der Waals surface area contributed by atoms with Gasteiger partial charge in [0.25, 0.3) is 0 Å². The Kier molecular flexibility index (Phi) is 6.09. The van der Waals surface area contributed by atoms with Gasteiger partial charge in [-0.15, -0.1) is 0 Å². The number of nitrogens with one attached hydrogen (secondary N) is 1. The Balaban J connectivity index is 1.94. The van der Waals surface area contributed by atoms with Crippen molar-refractivity contribution in [2.24, 2.45) is 11.7 Å². The summed E-state index contributed by atoms with van der Waals surface area (Å²) in [6, 6.07) is 7.56. The van der Waals surface area contributed by atoms with Gasteiger partial charge >= 0.3 is 0 Å². The van der Waals surface area contributed by atoms with Crippen LogP contribution in [0, 0.1) is 5.92 Å². The Morgan fingerprint density at radius 2 is 2.18 bits per heavy atom. The highest BCUT2D eigenvalue weighted by molar-refractivity contribution is 6.33. The Morgan fingerprint density at radius 1 is 1.45 bits per heavy atom. The predicted octanol–water partition coefficient (Wildman–Crippen LogP) is 2.80. The molecule has 122 valence electrons. The molecule has 3 N–H and O–H groups in total. The summed E-state index contributed by atoms with van der Waals surface area (Å²) in [5, 5.41) is 3.85. The van der Waals surface area contributed by atoms with Crippen LogP contribution >= 0.6 is 11.6 Å². The Morgan fingerprint density at radius 3 is 2.86 bits per heavy atom. The number of halogens is 1. The van der Waals surface area contributed by atoms with Gasteiger partial charge in [0.15, 0.2) is 0 Å². The van der Waals surface area contributed by atoms with Crippen molar-refractivity contribution in [1.29, 1.82) is 0 Å². The molecule has 1 aliphatic heterocycles. The molecule has 1 unspecified atom stereocenters. The Labute approximate surface area is 138 Å². The molecule has 0 aromatic heterocycles. The molecular weight excluding hydrogens is 298 g/mol. The average Bonchev–Trinajstić information content (AvgIpc) is 2.47. The van der Waals surface area contributed by atoms with Gasteiger partial charge < -0.3 is 16.0 Å². The topological polar surface area (TPSA) is 58.4 Å². The molecule has 5 heteroatoms. The zero-order valence-electron chi connectivity index (χ0n) is 13.4. The molecule has 22 heavy (non-hydrogen) atoms. The van der Waals surface area contributed by atoms with Crippen LogP contribution in [0.2, 0.25) is 5.02 Å². The van der Waals surface area contributed by atoms with Crippen molar-refractivity contribution in [2.75, 3.05) is 18.0 Å². The molecule has 4 nitrogen and oxygen atoms in total. The lowest BCUT2D eigenvalue weighted by atomic mass is 10.0. The van der Waals surface area contributed by atoms with E-state index in [0.717, 1.165) is 36.6 Å². The van der Waals surface area contributed by atoms with Crippen molar-refractivity contribution >= 4 is 23.2 Å². The van der Waals surface area contributed by atoms with E-state index in [2.05, 4.69) is 24.1 Å². The summed E-state index contributed by atoms with van der Waals surface area (Å²) < 4.78 is 0. The van der Waals surface area contributed by atoms with Crippen molar-refractivity contribution in [3.05, 3.63) is 29.3 Å². The van der Waals surface area contributed by atoms with E-state index in [0.29, 0.717) is 12.3 Å². The molecule has 1 amide bonds. The number of piperidine rings is 1.